The first-order valence-electron chi connectivity index (χ1n) is 23.1. The first kappa shape index (κ1) is 46.5. The molecule has 2 aliphatic rings. The van der Waals surface area contributed by atoms with Gasteiger partial charge in [0.05, 0.1) is 24.3 Å². The maximum absolute atomic E-state index is 13.9. The molecule has 3 aromatic carbocycles. The molecule has 7 heteroatoms. The van der Waals surface area contributed by atoms with Crippen molar-refractivity contribution in [2.45, 2.75) is 142 Å². The molecule has 5 rings (SSSR count). The van der Waals surface area contributed by atoms with E-state index in [0.29, 0.717) is 21.9 Å². The first-order chi connectivity index (χ1) is 29.4. The lowest BCUT2D eigenvalue weighted by atomic mass is 9.79. The number of Topliss-reactive ketones (excluding diaryl/α,β-unsaturated/α-hetero) is 1. The van der Waals surface area contributed by atoms with Gasteiger partial charge >= 0.3 is 0 Å². The van der Waals surface area contributed by atoms with Crippen LogP contribution in [0.5, 0.6) is 5.75 Å². The molecular formula is C53H70ClN2O4+. The average molecular weight is 835 g/mol. The van der Waals surface area contributed by atoms with E-state index in [2.05, 4.69) is 47.6 Å². The number of para-hydroxylation sites is 1. The van der Waals surface area contributed by atoms with Gasteiger partial charge in [-0.25, -0.2) is 0 Å². The van der Waals surface area contributed by atoms with Gasteiger partial charge in [0.25, 0.3) is 0 Å². The van der Waals surface area contributed by atoms with Gasteiger partial charge in [-0.05, 0) is 55.3 Å². The summed E-state index contributed by atoms with van der Waals surface area (Å²) < 4.78 is 8.17. The number of ketones is 1. The number of phenols is 1. The van der Waals surface area contributed by atoms with E-state index in [-0.39, 0.29) is 28.4 Å². The predicted octanol–water partition coefficient (Wildman–Crippen LogP) is 15.1. The normalized spacial score (nSPS) is 15.9. The minimum atomic E-state index is -0.327. The number of allylic oxidation sites excluding steroid dienone is 5. The number of benzene rings is 3. The van der Waals surface area contributed by atoms with E-state index in [1.165, 1.54) is 109 Å². The maximum Gasteiger partial charge on any atom is 0.209 e. The van der Waals surface area contributed by atoms with Crippen molar-refractivity contribution >= 4 is 45.7 Å². The molecule has 0 spiro atoms. The van der Waals surface area contributed by atoms with Crippen LogP contribution < -0.4 is 4.90 Å². The van der Waals surface area contributed by atoms with Crippen LogP contribution in [-0.4, -0.2) is 46.5 Å². The topological polar surface area (TPSA) is 73.0 Å². The number of nitrogens with zero attached hydrogens (tertiary/aromatic N) is 2. The molecule has 2 aliphatic carbocycles. The Kier molecular flexibility index (Phi) is 19.6. The summed E-state index contributed by atoms with van der Waals surface area (Å²) in [6.07, 6.45) is 31.1. The molecule has 3 aromatic rings. The van der Waals surface area contributed by atoms with Crippen LogP contribution in [-0.2, 0) is 9.53 Å². The van der Waals surface area contributed by atoms with E-state index in [1.807, 2.05) is 54.6 Å². The third-order valence-corrected chi connectivity index (χ3v) is 12.2. The van der Waals surface area contributed by atoms with Gasteiger partial charge in [-0.15, -0.1) is 0 Å². The largest absolute Gasteiger partial charge is 0.507 e. The number of aromatic hydroxyl groups is 1. The van der Waals surface area contributed by atoms with Gasteiger partial charge in [-0.3, -0.25) is 4.79 Å². The highest BCUT2D eigenvalue weighted by Crippen LogP contribution is 2.44. The van der Waals surface area contributed by atoms with Crippen molar-refractivity contribution < 1.29 is 24.3 Å². The fourth-order valence-corrected chi connectivity index (χ4v) is 8.54. The van der Waals surface area contributed by atoms with Crippen LogP contribution in [0.1, 0.15) is 148 Å². The minimum Gasteiger partial charge on any atom is -0.507 e. The van der Waals surface area contributed by atoms with Gasteiger partial charge in [0.1, 0.15) is 23.8 Å². The smallest absolute Gasteiger partial charge is 0.209 e. The van der Waals surface area contributed by atoms with Crippen LogP contribution in [0.15, 0.2) is 114 Å². The zero-order valence-corrected chi connectivity index (χ0v) is 37.5. The Balaban J connectivity index is 1.28. The number of methoxy groups -OCH3 is 1. The summed E-state index contributed by atoms with van der Waals surface area (Å²) in [6.45, 7) is 6.15. The Labute approximate surface area is 366 Å². The number of carbonyl (C=O) groups excluding carboxylic acids is 1. The molecule has 0 fully saturated rings. The van der Waals surface area contributed by atoms with E-state index >= 15 is 0 Å². The van der Waals surface area contributed by atoms with E-state index in [4.69, 9.17) is 16.3 Å². The van der Waals surface area contributed by atoms with Crippen LogP contribution in [0.4, 0.5) is 17.1 Å². The van der Waals surface area contributed by atoms with Crippen LogP contribution >= 0.6 is 11.6 Å². The Morgan fingerprint density at radius 3 is 1.73 bits per heavy atom. The molecule has 0 saturated carbocycles. The summed E-state index contributed by atoms with van der Waals surface area (Å²) >= 11 is 6.25. The molecule has 0 aliphatic heterocycles. The first-order valence-corrected chi connectivity index (χ1v) is 23.5. The minimum absolute atomic E-state index is 0.0590. The molecule has 6 nitrogen and oxygen atoms in total. The van der Waals surface area contributed by atoms with Crippen molar-refractivity contribution in [3.05, 3.63) is 124 Å². The standard InChI is InChI=1S/C53H69ClN2O4/c1-4-6-8-10-12-14-16-18-20-25-37-55(42-27-23-22-24-28-42)45-34-36-47(49(40-45)60-3)51-52(58)50(53(51)59)46-35-33-44(39-48(46)57)56(43-31-29-41(54)30-32-43)38-26-21-19-17-15-13-11-9-7-5-2/h22-24,27-36,39-40H,4-21,25-26,37-38H2,1-3H3,(H,58,59)/p+1. The maximum atomic E-state index is 13.9. The van der Waals surface area contributed by atoms with Gasteiger partial charge in [0, 0.05) is 64.8 Å². The summed E-state index contributed by atoms with van der Waals surface area (Å²) in [5.74, 6) is -0.0158. The molecule has 322 valence electrons. The van der Waals surface area contributed by atoms with Crippen LogP contribution in [0.2, 0.25) is 5.02 Å². The number of hydrogen-bond donors (Lipinski definition) is 2. The van der Waals surface area contributed by atoms with Crippen molar-refractivity contribution in [3.63, 3.8) is 0 Å². The number of anilines is 2. The van der Waals surface area contributed by atoms with Gasteiger partial charge in [-0.2, -0.15) is 4.58 Å². The number of halogens is 1. The molecular weight excluding hydrogens is 764 g/mol. The molecule has 0 radical (unpaired) electrons. The lowest BCUT2D eigenvalue weighted by Gasteiger charge is -2.28. The van der Waals surface area contributed by atoms with Crippen molar-refractivity contribution in [3.8, 4) is 5.75 Å². The summed E-state index contributed by atoms with van der Waals surface area (Å²) in [5, 5.41) is 23.5. The van der Waals surface area contributed by atoms with Crippen molar-refractivity contribution in [2.75, 3.05) is 25.1 Å². The number of carbonyl (C=O) groups is 1. The second kappa shape index (κ2) is 25.3. The van der Waals surface area contributed by atoms with E-state index in [1.54, 1.807) is 19.2 Å². The molecule has 0 saturated heterocycles. The zero-order valence-electron chi connectivity index (χ0n) is 36.7. The molecule has 0 heterocycles. The molecule has 0 unspecified atom stereocenters. The second-order valence-electron chi connectivity index (χ2n) is 16.5. The number of unbranched alkanes of at least 4 members (excludes halogenated alkanes) is 18. The van der Waals surface area contributed by atoms with Gasteiger partial charge in [-0.1, -0.05) is 153 Å². The summed E-state index contributed by atoms with van der Waals surface area (Å²) in [4.78, 5) is 16.1. The highest BCUT2D eigenvalue weighted by molar-refractivity contribution is 6.40. The van der Waals surface area contributed by atoms with Crippen LogP contribution in [0.3, 0.4) is 0 Å². The Bertz CT molecular complexity index is 1970. The fraction of sp³-hybridized carbons (Fsp3) is 0.472. The molecule has 0 atom stereocenters. The van der Waals surface area contributed by atoms with Gasteiger partial charge in [0.2, 0.25) is 17.2 Å². The second-order valence-corrected chi connectivity index (χ2v) is 16.9. The van der Waals surface area contributed by atoms with E-state index < -0.39 is 0 Å². The Morgan fingerprint density at radius 1 is 0.633 bits per heavy atom. The lowest BCUT2D eigenvalue weighted by Crippen LogP contribution is -2.25. The molecule has 60 heavy (non-hydrogen) atoms. The van der Waals surface area contributed by atoms with Crippen LogP contribution in [0, 0.1) is 0 Å². The monoisotopic (exact) mass is 834 g/mol. The van der Waals surface area contributed by atoms with E-state index in [0.717, 1.165) is 55.1 Å². The quantitative estimate of drug-likeness (QED) is 0.0455. The van der Waals surface area contributed by atoms with Crippen molar-refractivity contribution in [2.24, 2.45) is 0 Å². The highest BCUT2D eigenvalue weighted by Gasteiger charge is 2.40. The number of hydrogen-bond acceptors (Lipinski definition) is 5. The predicted molar refractivity (Wildman–Crippen MR) is 252 cm³/mol. The Hall–Kier alpha value is -4.55. The number of aliphatic hydroxyl groups is 1. The van der Waals surface area contributed by atoms with Gasteiger partial charge < -0.3 is 19.8 Å². The van der Waals surface area contributed by atoms with Crippen molar-refractivity contribution in [1.82, 2.24) is 0 Å². The fourth-order valence-electron chi connectivity index (χ4n) is 8.41. The van der Waals surface area contributed by atoms with Crippen molar-refractivity contribution in [1.29, 1.82) is 0 Å². The summed E-state index contributed by atoms with van der Waals surface area (Å²) in [5.41, 5.74) is 4.99. The highest BCUT2D eigenvalue weighted by atomic mass is 35.5. The average Bonchev–Trinajstić information content (AvgIpc) is 3.26. The molecule has 0 bridgehead atoms. The number of aliphatic hydroxyl groups excluding tert-OH is 1. The molecule has 0 amide bonds. The van der Waals surface area contributed by atoms with Gasteiger partial charge in [0.15, 0.2) is 0 Å². The number of rotatable bonds is 27. The zero-order chi connectivity index (χ0) is 42.5. The third-order valence-electron chi connectivity index (χ3n) is 11.9. The Morgan fingerprint density at radius 2 is 1.18 bits per heavy atom. The SMILES string of the molecule is CCCCCCCCCCCCN(c1ccc(Cl)cc1)c1ccc(C2=C(O)/C(=C3/C=CC(=[N+](CCCCCCCCCCCC)c4ccccc4)C=C3OC)C2=O)c(O)c1. The number of ether oxygens (including phenoxy) is 1. The van der Waals surface area contributed by atoms with E-state index in [9.17, 15) is 15.0 Å². The molecule has 0 aromatic heterocycles. The molecule has 2 N–H and O–H groups in total. The van der Waals surface area contributed by atoms with Crippen LogP contribution in [0.25, 0.3) is 5.57 Å². The lowest BCUT2D eigenvalue weighted by molar-refractivity contribution is -0.439. The number of phenolic OH excluding ortho intramolecular Hbond substituents is 1. The summed E-state index contributed by atoms with van der Waals surface area (Å²) in [7, 11) is 1.59. The third kappa shape index (κ3) is 13.2. The summed E-state index contributed by atoms with van der Waals surface area (Å²) in [6, 6.07) is 23.4.